The number of rotatable bonds is 7. The highest BCUT2D eigenvalue weighted by molar-refractivity contribution is 6.51. The molecule has 5 rings (SSSR count). The lowest BCUT2D eigenvalue weighted by Crippen LogP contribution is -2.29. The van der Waals surface area contributed by atoms with Gasteiger partial charge in [0.05, 0.1) is 11.6 Å². The van der Waals surface area contributed by atoms with Crippen LogP contribution in [-0.4, -0.2) is 22.7 Å². The standard InChI is InChI=1S/C37H36N2O5/c1-23-21-27(13-20-31(23)44-22-25-9-7-6-8-10-25)34(41)32-33(26-11-14-28(15-12-26)37(3,4)5)39(36(43)35(32)42)30-18-16-29(17-19-30)38-24(2)40/h6-21,33,41H,22H2,1-5H3,(H,38,40)/b34-32-. The summed E-state index contributed by atoms with van der Waals surface area (Å²) in [6.45, 7) is 10.0. The van der Waals surface area contributed by atoms with Crippen molar-refractivity contribution in [3.8, 4) is 5.75 Å². The number of hydrogen-bond donors (Lipinski definition) is 2. The van der Waals surface area contributed by atoms with E-state index in [0.29, 0.717) is 34.9 Å². The van der Waals surface area contributed by atoms with Crippen LogP contribution in [-0.2, 0) is 26.4 Å². The van der Waals surface area contributed by atoms with E-state index in [-0.39, 0.29) is 22.7 Å². The normalized spacial score (nSPS) is 16.2. The van der Waals surface area contributed by atoms with E-state index in [1.807, 2.05) is 61.5 Å². The van der Waals surface area contributed by atoms with Gasteiger partial charge in [0, 0.05) is 23.9 Å². The van der Waals surface area contributed by atoms with E-state index in [0.717, 1.165) is 16.7 Å². The highest BCUT2D eigenvalue weighted by Gasteiger charge is 2.47. The van der Waals surface area contributed by atoms with Crippen molar-refractivity contribution in [2.24, 2.45) is 0 Å². The van der Waals surface area contributed by atoms with Gasteiger partial charge >= 0.3 is 0 Å². The second-order valence-corrected chi connectivity index (χ2v) is 12.0. The smallest absolute Gasteiger partial charge is 0.300 e. The minimum Gasteiger partial charge on any atom is -0.507 e. The molecular formula is C37H36N2O5. The average Bonchev–Trinajstić information content (AvgIpc) is 3.26. The summed E-state index contributed by atoms with van der Waals surface area (Å²) < 4.78 is 6.01. The van der Waals surface area contributed by atoms with Crippen LogP contribution in [0.3, 0.4) is 0 Å². The molecular weight excluding hydrogens is 552 g/mol. The van der Waals surface area contributed by atoms with Crippen molar-refractivity contribution in [2.45, 2.75) is 52.7 Å². The van der Waals surface area contributed by atoms with Crippen molar-refractivity contribution in [1.29, 1.82) is 0 Å². The molecule has 0 spiro atoms. The maximum Gasteiger partial charge on any atom is 0.300 e. The number of Topliss-reactive ketones (excluding diaryl/α,β-unsaturated/α-hetero) is 1. The Balaban J connectivity index is 1.56. The molecule has 1 atom stereocenters. The van der Waals surface area contributed by atoms with E-state index in [9.17, 15) is 19.5 Å². The summed E-state index contributed by atoms with van der Waals surface area (Å²) in [5.41, 5.74) is 4.93. The minimum atomic E-state index is -0.870. The van der Waals surface area contributed by atoms with Crippen LogP contribution in [0.1, 0.15) is 61.6 Å². The highest BCUT2D eigenvalue weighted by atomic mass is 16.5. The monoisotopic (exact) mass is 588 g/mol. The summed E-state index contributed by atoms with van der Waals surface area (Å²) in [7, 11) is 0. The summed E-state index contributed by atoms with van der Waals surface area (Å²) in [6.07, 6.45) is 0. The van der Waals surface area contributed by atoms with E-state index in [2.05, 4.69) is 26.1 Å². The molecule has 1 saturated heterocycles. The van der Waals surface area contributed by atoms with Crippen molar-refractivity contribution in [2.75, 3.05) is 10.2 Å². The molecule has 0 bridgehead atoms. The number of anilines is 2. The maximum absolute atomic E-state index is 13.6. The molecule has 1 unspecified atom stereocenters. The van der Waals surface area contributed by atoms with E-state index < -0.39 is 17.7 Å². The molecule has 0 radical (unpaired) electrons. The first-order valence-electron chi connectivity index (χ1n) is 14.5. The van der Waals surface area contributed by atoms with Gasteiger partial charge in [-0.15, -0.1) is 0 Å². The van der Waals surface area contributed by atoms with Crippen LogP contribution in [0.2, 0.25) is 0 Å². The van der Waals surface area contributed by atoms with Crippen LogP contribution in [0.5, 0.6) is 5.75 Å². The fraction of sp³-hybridized carbons (Fsp3) is 0.216. The molecule has 2 amide bonds. The van der Waals surface area contributed by atoms with Gasteiger partial charge in [-0.25, -0.2) is 0 Å². The quantitative estimate of drug-likeness (QED) is 0.133. The Hall–Kier alpha value is -5.17. The van der Waals surface area contributed by atoms with Crippen molar-refractivity contribution in [1.82, 2.24) is 0 Å². The number of aryl methyl sites for hydroxylation is 1. The van der Waals surface area contributed by atoms with Crippen LogP contribution in [0.15, 0.2) is 103 Å². The number of nitrogens with one attached hydrogen (secondary N) is 1. The average molecular weight is 589 g/mol. The minimum absolute atomic E-state index is 0.00167. The lowest BCUT2D eigenvalue weighted by atomic mass is 9.85. The van der Waals surface area contributed by atoms with Crippen LogP contribution in [0.4, 0.5) is 11.4 Å². The van der Waals surface area contributed by atoms with Gasteiger partial charge in [-0.2, -0.15) is 0 Å². The molecule has 1 heterocycles. The van der Waals surface area contributed by atoms with Gasteiger partial charge in [0.2, 0.25) is 5.91 Å². The van der Waals surface area contributed by atoms with Crippen LogP contribution >= 0.6 is 0 Å². The summed E-state index contributed by atoms with van der Waals surface area (Å²) in [4.78, 5) is 40.2. The third-order valence-corrected chi connectivity index (χ3v) is 7.69. The summed E-state index contributed by atoms with van der Waals surface area (Å²) in [6, 6.07) is 28.6. The number of aliphatic hydroxyl groups excluding tert-OH is 1. The van der Waals surface area contributed by atoms with Crippen molar-refractivity contribution >= 4 is 34.7 Å². The number of amides is 2. The lowest BCUT2D eigenvalue weighted by Gasteiger charge is -2.27. The first-order chi connectivity index (χ1) is 20.9. The Bertz CT molecular complexity index is 1730. The third-order valence-electron chi connectivity index (χ3n) is 7.69. The number of ketones is 1. The summed E-state index contributed by atoms with van der Waals surface area (Å²) in [5.74, 6) is -1.35. The second kappa shape index (κ2) is 12.2. The molecule has 224 valence electrons. The van der Waals surface area contributed by atoms with Crippen molar-refractivity contribution in [3.63, 3.8) is 0 Å². The summed E-state index contributed by atoms with van der Waals surface area (Å²) >= 11 is 0. The predicted molar refractivity (Wildman–Crippen MR) is 173 cm³/mol. The Kier molecular flexibility index (Phi) is 8.41. The van der Waals surface area contributed by atoms with E-state index in [1.165, 1.54) is 11.8 Å². The van der Waals surface area contributed by atoms with E-state index in [4.69, 9.17) is 4.74 Å². The Morgan fingerprint density at radius 1 is 0.909 bits per heavy atom. The number of benzene rings is 4. The van der Waals surface area contributed by atoms with Crippen molar-refractivity contribution in [3.05, 3.63) is 130 Å². The molecule has 44 heavy (non-hydrogen) atoms. The number of nitrogens with zero attached hydrogens (tertiary/aromatic N) is 1. The molecule has 0 aliphatic carbocycles. The molecule has 1 fully saturated rings. The van der Waals surface area contributed by atoms with Gasteiger partial charge in [-0.1, -0.05) is 75.4 Å². The zero-order valence-electron chi connectivity index (χ0n) is 25.5. The molecule has 0 aromatic heterocycles. The maximum atomic E-state index is 13.6. The fourth-order valence-electron chi connectivity index (χ4n) is 5.34. The summed E-state index contributed by atoms with van der Waals surface area (Å²) in [5, 5.41) is 14.4. The SMILES string of the molecule is CC(=O)Nc1ccc(N2C(=O)C(=O)/C(=C(\O)c3ccc(OCc4ccccc4)c(C)c3)C2c2ccc(C(C)(C)C)cc2)cc1. The molecule has 1 aliphatic heterocycles. The third kappa shape index (κ3) is 6.27. The van der Waals surface area contributed by atoms with Crippen LogP contribution < -0.4 is 15.0 Å². The largest absolute Gasteiger partial charge is 0.507 e. The molecule has 1 aliphatic rings. The van der Waals surface area contributed by atoms with Gasteiger partial charge in [-0.05, 0) is 77.1 Å². The van der Waals surface area contributed by atoms with Crippen LogP contribution in [0.25, 0.3) is 5.76 Å². The molecule has 7 heteroatoms. The number of ether oxygens (including phenoxy) is 1. The molecule has 4 aromatic carbocycles. The number of carbonyl (C=O) groups excluding carboxylic acids is 3. The highest BCUT2D eigenvalue weighted by Crippen LogP contribution is 2.43. The molecule has 4 aromatic rings. The topological polar surface area (TPSA) is 95.9 Å². The van der Waals surface area contributed by atoms with Gasteiger partial charge in [0.1, 0.15) is 18.1 Å². The first kappa shape index (κ1) is 30.3. The van der Waals surface area contributed by atoms with Gasteiger partial charge in [0.25, 0.3) is 11.7 Å². The van der Waals surface area contributed by atoms with Crippen LogP contribution in [0, 0.1) is 6.92 Å². The Morgan fingerprint density at radius 3 is 2.16 bits per heavy atom. The fourth-order valence-corrected chi connectivity index (χ4v) is 5.34. The Labute approximate surface area is 257 Å². The second-order valence-electron chi connectivity index (χ2n) is 12.0. The lowest BCUT2D eigenvalue weighted by molar-refractivity contribution is -0.132. The van der Waals surface area contributed by atoms with E-state index in [1.54, 1.807) is 42.5 Å². The number of hydrogen-bond acceptors (Lipinski definition) is 5. The zero-order valence-corrected chi connectivity index (χ0v) is 25.5. The predicted octanol–water partition coefficient (Wildman–Crippen LogP) is 7.46. The van der Waals surface area contributed by atoms with Crippen molar-refractivity contribution < 1.29 is 24.2 Å². The van der Waals surface area contributed by atoms with Gasteiger partial charge in [0.15, 0.2) is 0 Å². The number of aliphatic hydroxyl groups is 1. The molecule has 7 nitrogen and oxygen atoms in total. The first-order valence-corrected chi connectivity index (χ1v) is 14.5. The van der Waals surface area contributed by atoms with Gasteiger partial charge < -0.3 is 15.2 Å². The molecule has 2 N–H and O–H groups in total. The zero-order chi connectivity index (χ0) is 31.6. The van der Waals surface area contributed by atoms with E-state index >= 15 is 0 Å². The Morgan fingerprint density at radius 2 is 1.57 bits per heavy atom. The number of carbonyl (C=O) groups is 3. The molecule has 0 saturated carbocycles. The van der Waals surface area contributed by atoms with Gasteiger partial charge in [-0.3, -0.25) is 19.3 Å².